The number of ether oxygens (including phenoxy) is 1. The lowest BCUT2D eigenvalue weighted by Crippen LogP contribution is -2.20. The second-order valence-corrected chi connectivity index (χ2v) is 11.8. The zero-order chi connectivity index (χ0) is 27.8. The van der Waals surface area contributed by atoms with Crippen molar-refractivity contribution in [3.05, 3.63) is 93.9 Å². The fraction of sp³-hybridized carbons (Fsp3) is 0.192. The van der Waals surface area contributed by atoms with E-state index in [-0.39, 0.29) is 5.75 Å². The monoisotopic (exact) mass is 581 g/mol. The van der Waals surface area contributed by atoms with Crippen LogP contribution in [0.3, 0.4) is 0 Å². The highest BCUT2D eigenvalue weighted by molar-refractivity contribution is 7.98. The standard InChI is InChI=1S/C26H23ClF3N3O3S2/c1-26(2,15-6-9-18(27)20(12-15)36-3)24-23(14-4-7-16(28)8-5-14)32-25(33-24)37-13-17-19(29)10-11-21(22(17)30)38(31,34)35/h4-12H,13H2,1-3H3,(H,32,33)(H2,31,34,35). The third-order valence-electron chi connectivity index (χ3n) is 6.11. The number of nitrogens with one attached hydrogen (secondary N) is 1. The minimum absolute atomic E-state index is 0.272. The molecule has 3 aromatic carbocycles. The summed E-state index contributed by atoms with van der Waals surface area (Å²) in [7, 11) is -2.87. The predicted molar refractivity (Wildman–Crippen MR) is 141 cm³/mol. The number of nitrogens with two attached hydrogens (primary N) is 1. The van der Waals surface area contributed by atoms with Crippen LogP contribution >= 0.6 is 23.4 Å². The molecular weight excluding hydrogens is 559 g/mol. The number of halogens is 4. The summed E-state index contributed by atoms with van der Waals surface area (Å²) in [4.78, 5) is 7.09. The Labute approximate surface area is 227 Å². The molecule has 0 spiro atoms. The Balaban J connectivity index is 1.78. The number of imidazole rings is 1. The summed E-state index contributed by atoms with van der Waals surface area (Å²) in [6.07, 6.45) is 0. The van der Waals surface area contributed by atoms with E-state index < -0.39 is 43.3 Å². The Morgan fingerprint density at radius 3 is 2.39 bits per heavy atom. The van der Waals surface area contributed by atoms with Crippen LogP contribution in [-0.2, 0) is 21.2 Å². The molecule has 0 bridgehead atoms. The molecule has 3 N–H and O–H groups in total. The number of sulfonamides is 1. The van der Waals surface area contributed by atoms with Gasteiger partial charge in [0.25, 0.3) is 0 Å². The van der Waals surface area contributed by atoms with Gasteiger partial charge in [-0.25, -0.2) is 31.7 Å². The Hall–Kier alpha value is -2.99. The minimum Gasteiger partial charge on any atom is -0.495 e. The van der Waals surface area contributed by atoms with Gasteiger partial charge in [0.05, 0.1) is 23.5 Å². The molecule has 12 heteroatoms. The molecule has 0 aliphatic heterocycles. The van der Waals surface area contributed by atoms with E-state index in [1.807, 2.05) is 19.9 Å². The Kier molecular flexibility index (Phi) is 7.85. The van der Waals surface area contributed by atoms with E-state index in [1.165, 1.54) is 19.2 Å². The van der Waals surface area contributed by atoms with Crippen molar-refractivity contribution in [1.82, 2.24) is 9.97 Å². The zero-order valence-electron chi connectivity index (χ0n) is 20.5. The van der Waals surface area contributed by atoms with Gasteiger partial charge in [-0.1, -0.05) is 43.3 Å². The summed E-state index contributed by atoms with van der Waals surface area (Å²) in [6.45, 7) is 3.89. The van der Waals surface area contributed by atoms with Gasteiger partial charge in [-0.2, -0.15) is 0 Å². The first-order chi connectivity index (χ1) is 17.8. The first kappa shape index (κ1) is 28.0. The van der Waals surface area contributed by atoms with Crippen molar-refractivity contribution < 1.29 is 26.3 Å². The number of primary sulfonamides is 1. The first-order valence-corrected chi connectivity index (χ1v) is 14.1. The molecule has 0 aliphatic rings. The van der Waals surface area contributed by atoms with Crippen molar-refractivity contribution in [2.45, 2.75) is 35.1 Å². The molecule has 0 fully saturated rings. The Morgan fingerprint density at radius 1 is 1.08 bits per heavy atom. The molecule has 38 heavy (non-hydrogen) atoms. The molecule has 0 amide bonds. The third-order valence-corrected chi connectivity index (χ3v) is 8.25. The van der Waals surface area contributed by atoms with Crippen LogP contribution in [-0.4, -0.2) is 25.5 Å². The van der Waals surface area contributed by atoms with Gasteiger partial charge in [0.2, 0.25) is 10.0 Å². The highest BCUT2D eigenvalue weighted by atomic mass is 35.5. The van der Waals surface area contributed by atoms with Crippen molar-refractivity contribution in [2.24, 2.45) is 5.14 Å². The van der Waals surface area contributed by atoms with Gasteiger partial charge in [0.15, 0.2) is 5.16 Å². The van der Waals surface area contributed by atoms with Crippen molar-refractivity contribution >= 4 is 33.4 Å². The largest absolute Gasteiger partial charge is 0.495 e. The number of aromatic amines is 1. The highest BCUT2D eigenvalue weighted by Gasteiger charge is 2.31. The smallest absolute Gasteiger partial charge is 0.240 e. The van der Waals surface area contributed by atoms with E-state index in [0.29, 0.717) is 32.9 Å². The van der Waals surface area contributed by atoms with Crippen LogP contribution in [0.4, 0.5) is 13.2 Å². The topological polar surface area (TPSA) is 98.1 Å². The van der Waals surface area contributed by atoms with Gasteiger partial charge in [0.1, 0.15) is 28.1 Å². The lowest BCUT2D eigenvalue weighted by molar-refractivity contribution is 0.413. The normalized spacial score (nSPS) is 12.1. The molecule has 0 atom stereocenters. The molecule has 6 nitrogen and oxygen atoms in total. The molecule has 0 aliphatic carbocycles. The molecule has 1 heterocycles. The Bertz CT molecular complexity index is 1610. The van der Waals surface area contributed by atoms with Crippen LogP contribution in [0.2, 0.25) is 5.02 Å². The second kappa shape index (κ2) is 10.6. The third kappa shape index (κ3) is 5.56. The van der Waals surface area contributed by atoms with Gasteiger partial charge >= 0.3 is 0 Å². The molecule has 0 saturated heterocycles. The van der Waals surface area contributed by atoms with E-state index in [4.69, 9.17) is 21.5 Å². The van der Waals surface area contributed by atoms with Crippen molar-refractivity contribution in [2.75, 3.05) is 7.11 Å². The van der Waals surface area contributed by atoms with Crippen LogP contribution in [0, 0.1) is 17.5 Å². The average molecular weight is 582 g/mol. The number of hydrogen-bond donors (Lipinski definition) is 2. The predicted octanol–water partition coefficient (Wildman–Crippen LogP) is 6.42. The van der Waals surface area contributed by atoms with E-state index in [1.54, 1.807) is 24.3 Å². The zero-order valence-corrected chi connectivity index (χ0v) is 22.9. The van der Waals surface area contributed by atoms with Gasteiger partial charge < -0.3 is 9.72 Å². The fourth-order valence-electron chi connectivity index (χ4n) is 3.95. The number of methoxy groups -OCH3 is 1. The van der Waals surface area contributed by atoms with E-state index in [2.05, 4.69) is 9.97 Å². The molecule has 4 rings (SSSR count). The van der Waals surface area contributed by atoms with E-state index >= 15 is 0 Å². The number of H-pyrrole nitrogens is 1. The maximum absolute atomic E-state index is 14.8. The van der Waals surface area contributed by atoms with E-state index in [9.17, 15) is 21.6 Å². The van der Waals surface area contributed by atoms with Gasteiger partial charge in [-0.15, -0.1) is 0 Å². The maximum atomic E-state index is 14.8. The first-order valence-electron chi connectivity index (χ1n) is 11.2. The maximum Gasteiger partial charge on any atom is 0.240 e. The number of rotatable bonds is 8. The number of thioether (sulfide) groups is 1. The van der Waals surface area contributed by atoms with Crippen molar-refractivity contribution in [3.8, 4) is 17.0 Å². The molecule has 0 unspecified atom stereocenters. The second-order valence-electron chi connectivity index (χ2n) is 8.92. The fourth-order valence-corrected chi connectivity index (χ4v) is 5.65. The van der Waals surface area contributed by atoms with E-state index in [0.717, 1.165) is 29.5 Å². The van der Waals surface area contributed by atoms with Crippen LogP contribution in [0.15, 0.2) is 64.6 Å². The lowest BCUT2D eigenvalue weighted by Gasteiger charge is -2.26. The quantitative estimate of drug-likeness (QED) is 0.234. The van der Waals surface area contributed by atoms with Crippen LogP contribution < -0.4 is 9.88 Å². The van der Waals surface area contributed by atoms with Gasteiger partial charge in [-0.05, 0) is 54.1 Å². The summed E-state index contributed by atoms with van der Waals surface area (Å²) in [5, 5.41) is 5.81. The molecule has 0 radical (unpaired) electrons. The number of nitrogens with zero attached hydrogens (tertiary/aromatic N) is 1. The summed E-state index contributed by atoms with van der Waals surface area (Å²) in [5.41, 5.74) is 1.45. The van der Waals surface area contributed by atoms with Crippen molar-refractivity contribution in [1.29, 1.82) is 0 Å². The molecule has 0 saturated carbocycles. The lowest BCUT2D eigenvalue weighted by atomic mass is 9.79. The molecule has 1 aromatic heterocycles. The Morgan fingerprint density at radius 2 is 1.76 bits per heavy atom. The van der Waals surface area contributed by atoms with Gasteiger partial charge in [0, 0.05) is 22.3 Å². The molecule has 4 aromatic rings. The summed E-state index contributed by atoms with van der Waals surface area (Å²) in [6, 6.07) is 12.8. The minimum atomic E-state index is -4.38. The summed E-state index contributed by atoms with van der Waals surface area (Å²) >= 11 is 7.19. The molecular formula is C26H23ClF3N3O3S2. The number of aromatic nitrogens is 2. The highest BCUT2D eigenvalue weighted by Crippen LogP contribution is 2.41. The number of benzene rings is 3. The van der Waals surface area contributed by atoms with Crippen molar-refractivity contribution in [3.63, 3.8) is 0 Å². The summed E-state index contributed by atoms with van der Waals surface area (Å²) < 4.78 is 71.6. The summed E-state index contributed by atoms with van der Waals surface area (Å²) in [5.74, 6) is -2.37. The molecule has 200 valence electrons. The number of hydrogen-bond acceptors (Lipinski definition) is 5. The SMILES string of the molecule is COc1cc(C(C)(C)c2[nH]c(SCc3c(F)ccc(S(N)(=O)=O)c3F)nc2-c2ccc(F)cc2)ccc1Cl. The van der Waals surface area contributed by atoms with Crippen LogP contribution in [0.5, 0.6) is 5.75 Å². The van der Waals surface area contributed by atoms with Crippen LogP contribution in [0.1, 0.15) is 30.7 Å². The average Bonchev–Trinajstić information content (AvgIpc) is 3.29. The van der Waals surface area contributed by atoms with Crippen LogP contribution in [0.25, 0.3) is 11.3 Å². The van der Waals surface area contributed by atoms with Gasteiger partial charge in [-0.3, -0.25) is 0 Å².